The smallest absolute Gasteiger partial charge is 0.328 e. The van der Waals surface area contributed by atoms with Crippen LogP contribution in [-0.4, -0.2) is 63.7 Å². The Morgan fingerprint density at radius 1 is 1.10 bits per heavy atom. The van der Waals surface area contributed by atoms with Crippen molar-refractivity contribution >= 4 is 52.3 Å². The van der Waals surface area contributed by atoms with Crippen molar-refractivity contribution in [1.29, 1.82) is 0 Å². The van der Waals surface area contributed by atoms with E-state index < -0.39 is 29.9 Å². The normalized spacial score (nSPS) is 14.7. The minimum atomic E-state index is -1.39. The standard InChI is InChI=1S/C27H27Cl2N3O6S/c28-19-12-16-14-32(9-7-21(34)15-3-1-4-17(33)11-15)8-6-18(16)24(29)23(19)26(36)31-20(27(37)38)13-30-25(35)22-5-2-10-39-22/h1-5,10-12,20-21,33-34H,6-9,13-14H2,(H,30,35)(H,31,36)(H,37,38)/t20-,21?/m0/s1. The van der Waals surface area contributed by atoms with Crippen molar-refractivity contribution in [1.82, 2.24) is 15.5 Å². The molecule has 0 saturated heterocycles. The van der Waals surface area contributed by atoms with Crippen molar-refractivity contribution in [2.24, 2.45) is 0 Å². The molecule has 2 heterocycles. The number of fused-ring (bicyclic) bond motifs is 1. The van der Waals surface area contributed by atoms with Crippen molar-refractivity contribution in [3.63, 3.8) is 0 Å². The van der Waals surface area contributed by atoms with Gasteiger partial charge in [0.1, 0.15) is 11.8 Å². The molecular formula is C27H27Cl2N3O6S. The summed E-state index contributed by atoms with van der Waals surface area (Å²) in [6, 6.07) is 10.1. The van der Waals surface area contributed by atoms with Crippen LogP contribution >= 0.6 is 34.5 Å². The number of hydrogen-bond donors (Lipinski definition) is 5. The number of aromatic hydroxyl groups is 1. The summed E-state index contributed by atoms with van der Waals surface area (Å²) in [6.07, 6.45) is 0.266. The highest BCUT2D eigenvalue weighted by Crippen LogP contribution is 2.35. The van der Waals surface area contributed by atoms with Crippen LogP contribution in [0.2, 0.25) is 10.0 Å². The molecule has 9 nitrogen and oxygen atoms in total. The van der Waals surface area contributed by atoms with Crippen molar-refractivity contribution in [3.05, 3.63) is 85.0 Å². The number of benzene rings is 2. The third-order valence-electron chi connectivity index (χ3n) is 6.50. The van der Waals surface area contributed by atoms with Gasteiger partial charge in [0.05, 0.1) is 26.6 Å². The van der Waals surface area contributed by atoms with E-state index in [4.69, 9.17) is 23.2 Å². The maximum Gasteiger partial charge on any atom is 0.328 e. The van der Waals surface area contributed by atoms with Gasteiger partial charge >= 0.3 is 5.97 Å². The van der Waals surface area contributed by atoms with E-state index in [9.17, 15) is 29.7 Å². The summed E-state index contributed by atoms with van der Waals surface area (Å²) in [4.78, 5) is 39.5. The molecule has 5 N–H and O–H groups in total. The zero-order valence-electron chi connectivity index (χ0n) is 20.7. The first-order chi connectivity index (χ1) is 18.6. The van der Waals surface area contributed by atoms with Crippen LogP contribution in [0.25, 0.3) is 0 Å². The maximum absolute atomic E-state index is 13.1. The maximum atomic E-state index is 13.1. The molecule has 2 atom stereocenters. The average molecular weight is 593 g/mol. The van der Waals surface area contributed by atoms with Gasteiger partial charge in [0.25, 0.3) is 11.8 Å². The van der Waals surface area contributed by atoms with Crippen LogP contribution < -0.4 is 10.6 Å². The Hall–Kier alpha value is -3.15. The number of halogens is 2. The van der Waals surface area contributed by atoms with Crippen LogP contribution in [0, 0.1) is 0 Å². The quantitative estimate of drug-likeness (QED) is 0.241. The number of carbonyl (C=O) groups excluding carboxylic acids is 2. The molecule has 0 saturated carbocycles. The Morgan fingerprint density at radius 3 is 2.59 bits per heavy atom. The van der Waals surface area contributed by atoms with Crippen molar-refractivity contribution in [2.75, 3.05) is 19.6 Å². The number of phenols is 1. The fourth-order valence-electron chi connectivity index (χ4n) is 4.43. The second-order valence-corrected chi connectivity index (χ2v) is 10.9. The number of aliphatic hydroxyl groups is 1. The zero-order valence-corrected chi connectivity index (χ0v) is 23.0. The lowest BCUT2D eigenvalue weighted by Gasteiger charge is -2.31. The van der Waals surface area contributed by atoms with Gasteiger partial charge in [-0.2, -0.15) is 0 Å². The highest BCUT2D eigenvalue weighted by Gasteiger charge is 2.28. The molecular weight excluding hydrogens is 565 g/mol. The highest BCUT2D eigenvalue weighted by molar-refractivity contribution is 7.12. The van der Waals surface area contributed by atoms with Gasteiger partial charge in [-0.15, -0.1) is 11.3 Å². The number of nitrogens with zero attached hydrogens (tertiary/aromatic N) is 1. The molecule has 0 bridgehead atoms. The predicted octanol–water partition coefficient (Wildman–Crippen LogP) is 3.86. The second-order valence-electron chi connectivity index (χ2n) is 9.16. The monoisotopic (exact) mass is 591 g/mol. The topological polar surface area (TPSA) is 139 Å². The number of carboxylic acid groups (broad SMARTS) is 1. The Labute approximate surface area is 239 Å². The summed E-state index contributed by atoms with van der Waals surface area (Å²) < 4.78 is 0. The lowest BCUT2D eigenvalue weighted by molar-refractivity contribution is -0.139. The van der Waals surface area contributed by atoms with Gasteiger partial charge in [-0.25, -0.2) is 4.79 Å². The van der Waals surface area contributed by atoms with Crippen LogP contribution in [0.3, 0.4) is 0 Å². The summed E-state index contributed by atoms with van der Waals surface area (Å²) >= 11 is 14.3. The molecule has 0 spiro atoms. The van der Waals surface area contributed by atoms with E-state index in [0.717, 1.165) is 11.1 Å². The summed E-state index contributed by atoms with van der Waals surface area (Å²) in [5.74, 6) is -2.40. The number of nitrogens with one attached hydrogen (secondary N) is 2. The molecule has 2 aromatic carbocycles. The van der Waals surface area contributed by atoms with Crippen LogP contribution in [-0.2, 0) is 17.8 Å². The first-order valence-electron chi connectivity index (χ1n) is 12.2. The van der Waals surface area contributed by atoms with Gasteiger partial charge in [0.2, 0.25) is 0 Å². The average Bonchev–Trinajstić information content (AvgIpc) is 3.44. The van der Waals surface area contributed by atoms with Crippen LogP contribution in [0.1, 0.15) is 49.2 Å². The van der Waals surface area contributed by atoms with E-state index in [1.165, 1.54) is 17.4 Å². The minimum absolute atomic E-state index is 0.0133. The van der Waals surface area contributed by atoms with E-state index in [-0.39, 0.29) is 27.9 Å². The summed E-state index contributed by atoms with van der Waals surface area (Å²) in [5.41, 5.74) is 2.23. The fourth-order valence-corrected chi connectivity index (χ4v) is 5.84. The molecule has 0 aliphatic carbocycles. The molecule has 206 valence electrons. The number of rotatable bonds is 10. The van der Waals surface area contributed by atoms with Gasteiger partial charge in [0.15, 0.2) is 0 Å². The van der Waals surface area contributed by atoms with Crippen LogP contribution in [0.5, 0.6) is 5.75 Å². The van der Waals surface area contributed by atoms with E-state index in [2.05, 4.69) is 15.5 Å². The number of thiophene rings is 1. The fraction of sp³-hybridized carbons (Fsp3) is 0.296. The van der Waals surface area contributed by atoms with Gasteiger partial charge in [-0.1, -0.05) is 41.4 Å². The molecule has 3 aromatic rings. The zero-order chi connectivity index (χ0) is 28.1. The first kappa shape index (κ1) is 28.8. The highest BCUT2D eigenvalue weighted by atomic mass is 35.5. The van der Waals surface area contributed by atoms with E-state index in [1.54, 1.807) is 41.8 Å². The molecule has 12 heteroatoms. The molecule has 1 aliphatic heterocycles. The van der Waals surface area contributed by atoms with Crippen LogP contribution in [0.4, 0.5) is 0 Å². The number of aliphatic hydroxyl groups excluding tert-OH is 1. The van der Waals surface area contributed by atoms with Crippen LogP contribution in [0.15, 0.2) is 47.8 Å². The molecule has 2 amide bonds. The summed E-state index contributed by atoms with van der Waals surface area (Å²) in [5, 5.41) is 36.6. The van der Waals surface area contributed by atoms with Crippen molar-refractivity contribution in [2.45, 2.75) is 31.5 Å². The Balaban J connectivity index is 1.40. The lowest BCUT2D eigenvalue weighted by atomic mass is 9.96. The molecule has 1 aromatic heterocycles. The molecule has 0 radical (unpaired) electrons. The van der Waals surface area contributed by atoms with E-state index >= 15 is 0 Å². The van der Waals surface area contributed by atoms with Gasteiger partial charge in [-0.3, -0.25) is 14.5 Å². The summed E-state index contributed by atoms with van der Waals surface area (Å²) in [7, 11) is 0. The number of carbonyl (C=O) groups is 3. The first-order valence-corrected chi connectivity index (χ1v) is 13.8. The van der Waals surface area contributed by atoms with Gasteiger partial charge in [0, 0.05) is 26.2 Å². The number of amides is 2. The Kier molecular flexibility index (Phi) is 9.47. The largest absolute Gasteiger partial charge is 0.508 e. The third-order valence-corrected chi connectivity index (χ3v) is 8.08. The van der Waals surface area contributed by atoms with E-state index in [0.29, 0.717) is 42.9 Å². The van der Waals surface area contributed by atoms with E-state index in [1.807, 2.05) is 0 Å². The van der Waals surface area contributed by atoms with Gasteiger partial charge in [-0.05, 0) is 59.2 Å². The minimum Gasteiger partial charge on any atom is -0.508 e. The second kappa shape index (κ2) is 12.8. The third kappa shape index (κ3) is 7.09. The number of phenolic OH excluding ortho intramolecular Hbond substituents is 1. The molecule has 0 fully saturated rings. The number of carboxylic acids is 1. The Morgan fingerprint density at radius 2 is 1.90 bits per heavy atom. The number of hydrogen-bond acceptors (Lipinski definition) is 7. The van der Waals surface area contributed by atoms with Gasteiger partial charge < -0.3 is 26.0 Å². The molecule has 4 rings (SSSR count). The lowest BCUT2D eigenvalue weighted by Crippen LogP contribution is -2.48. The Bertz CT molecular complexity index is 1370. The van der Waals surface area contributed by atoms with Crippen molar-refractivity contribution in [3.8, 4) is 5.75 Å². The number of aliphatic carboxylic acids is 1. The predicted molar refractivity (Wildman–Crippen MR) is 149 cm³/mol. The van der Waals surface area contributed by atoms with Crippen molar-refractivity contribution < 1.29 is 29.7 Å². The molecule has 1 aliphatic rings. The molecule has 39 heavy (non-hydrogen) atoms. The SMILES string of the molecule is O=C(NC[C@H](NC(=O)c1c(Cl)cc2c(c1Cl)CCN(CCC(O)c1cccc(O)c1)C2)C(=O)O)c1cccs1. The molecule has 1 unspecified atom stereocenters. The summed E-state index contributed by atoms with van der Waals surface area (Å²) in [6.45, 7) is 1.41.